The van der Waals surface area contributed by atoms with E-state index < -0.39 is 0 Å². The van der Waals surface area contributed by atoms with Gasteiger partial charge in [-0.15, -0.1) is 11.8 Å². The molecule has 2 rings (SSSR count). The molecule has 0 aliphatic heterocycles. The minimum Gasteiger partial charge on any atom is -0.489 e. The first-order valence-corrected chi connectivity index (χ1v) is 7.11. The Labute approximate surface area is 117 Å². The van der Waals surface area contributed by atoms with Crippen LogP contribution < -0.4 is 10.5 Å². The second-order valence-electron chi connectivity index (χ2n) is 4.07. The summed E-state index contributed by atoms with van der Waals surface area (Å²) < 4.78 is 5.70. The number of ether oxygens (including phenoxy) is 1. The van der Waals surface area contributed by atoms with E-state index in [-0.39, 0.29) is 5.84 Å². The summed E-state index contributed by atoms with van der Waals surface area (Å²) in [5.41, 5.74) is 7.19. The SMILES string of the molecule is CSc1ccc(OCc2ccc(C(=N)N)cc2)cc1. The molecule has 0 fully saturated rings. The van der Waals surface area contributed by atoms with Gasteiger partial charge in [0.05, 0.1) is 0 Å². The first-order valence-electron chi connectivity index (χ1n) is 5.89. The molecule has 0 aliphatic carbocycles. The zero-order valence-corrected chi connectivity index (χ0v) is 11.5. The molecule has 0 amide bonds. The van der Waals surface area contributed by atoms with Gasteiger partial charge in [0.1, 0.15) is 18.2 Å². The van der Waals surface area contributed by atoms with Crippen molar-refractivity contribution >= 4 is 17.6 Å². The molecule has 2 aromatic carbocycles. The molecule has 3 nitrogen and oxygen atoms in total. The van der Waals surface area contributed by atoms with Crippen LogP contribution in [-0.2, 0) is 6.61 Å². The smallest absolute Gasteiger partial charge is 0.122 e. The maximum Gasteiger partial charge on any atom is 0.122 e. The number of benzene rings is 2. The van der Waals surface area contributed by atoms with Gasteiger partial charge in [-0.05, 0) is 36.1 Å². The lowest BCUT2D eigenvalue weighted by Gasteiger charge is -2.07. The predicted molar refractivity (Wildman–Crippen MR) is 80.0 cm³/mol. The fourth-order valence-corrected chi connectivity index (χ4v) is 2.03. The Morgan fingerprint density at radius 2 is 1.74 bits per heavy atom. The quantitative estimate of drug-likeness (QED) is 0.499. The summed E-state index contributed by atoms with van der Waals surface area (Å²) in [7, 11) is 0. The van der Waals surface area contributed by atoms with Gasteiger partial charge in [0.25, 0.3) is 0 Å². The zero-order valence-electron chi connectivity index (χ0n) is 10.7. The van der Waals surface area contributed by atoms with Crippen molar-refractivity contribution in [2.75, 3.05) is 6.26 Å². The van der Waals surface area contributed by atoms with E-state index in [1.54, 1.807) is 11.8 Å². The number of amidine groups is 1. The minimum absolute atomic E-state index is 0.0834. The molecule has 0 aromatic heterocycles. The molecular weight excluding hydrogens is 256 g/mol. The largest absolute Gasteiger partial charge is 0.489 e. The van der Waals surface area contributed by atoms with E-state index in [4.69, 9.17) is 15.9 Å². The standard InChI is InChI=1S/C15H16N2OS/c1-19-14-8-6-13(7-9-14)18-10-11-2-4-12(5-3-11)15(16)17/h2-9H,10H2,1H3,(H3,16,17). The van der Waals surface area contributed by atoms with Crippen LogP contribution in [0.15, 0.2) is 53.4 Å². The predicted octanol–water partition coefficient (Wildman–Crippen LogP) is 3.27. The lowest BCUT2D eigenvalue weighted by atomic mass is 10.1. The van der Waals surface area contributed by atoms with Gasteiger partial charge in [-0.25, -0.2) is 0 Å². The van der Waals surface area contributed by atoms with Crippen molar-refractivity contribution in [1.29, 1.82) is 5.41 Å². The number of hydrogen-bond donors (Lipinski definition) is 2. The zero-order chi connectivity index (χ0) is 13.7. The average molecular weight is 272 g/mol. The Balaban J connectivity index is 1.95. The third-order valence-electron chi connectivity index (χ3n) is 2.73. The van der Waals surface area contributed by atoms with Crippen LogP contribution in [0.2, 0.25) is 0 Å². The van der Waals surface area contributed by atoms with E-state index in [0.717, 1.165) is 16.9 Å². The maximum atomic E-state index is 7.33. The van der Waals surface area contributed by atoms with Crippen LogP contribution in [0.25, 0.3) is 0 Å². The molecule has 4 heteroatoms. The van der Waals surface area contributed by atoms with Crippen LogP contribution in [0.3, 0.4) is 0 Å². The molecule has 0 unspecified atom stereocenters. The number of rotatable bonds is 5. The molecule has 0 saturated carbocycles. The summed E-state index contributed by atoms with van der Waals surface area (Å²) in [6.07, 6.45) is 2.05. The molecule has 3 N–H and O–H groups in total. The first-order chi connectivity index (χ1) is 9.19. The van der Waals surface area contributed by atoms with Gasteiger partial charge in [0.2, 0.25) is 0 Å². The normalized spacial score (nSPS) is 10.2. The summed E-state index contributed by atoms with van der Waals surface area (Å²) in [6.45, 7) is 0.511. The first kappa shape index (κ1) is 13.5. The molecule has 0 bridgehead atoms. The van der Waals surface area contributed by atoms with Gasteiger partial charge in [-0.3, -0.25) is 5.41 Å². The fourth-order valence-electron chi connectivity index (χ4n) is 1.62. The van der Waals surface area contributed by atoms with Crippen LogP contribution in [0.1, 0.15) is 11.1 Å². The van der Waals surface area contributed by atoms with Gasteiger partial charge in [-0.1, -0.05) is 24.3 Å². The average Bonchev–Trinajstić information content (AvgIpc) is 2.46. The molecule has 19 heavy (non-hydrogen) atoms. The number of nitrogens with one attached hydrogen (secondary N) is 1. The number of nitrogens with two attached hydrogens (primary N) is 1. The van der Waals surface area contributed by atoms with Crippen LogP contribution >= 0.6 is 11.8 Å². The molecular formula is C15H16N2OS. The number of hydrogen-bond acceptors (Lipinski definition) is 3. The summed E-state index contributed by atoms with van der Waals surface area (Å²) in [6, 6.07) is 15.5. The van der Waals surface area contributed by atoms with Crippen molar-refractivity contribution < 1.29 is 4.74 Å². The van der Waals surface area contributed by atoms with Crippen molar-refractivity contribution in [1.82, 2.24) is 0 Å². The summed E-state index contributed by atoms with van der Waals surface area (Å²) in [5.74, 6) is 0.938. The lowest BCUT2D eigenvalue weighted by molar-refractivity contribution is 0.306. The molecule has 0 radical (unpaired) electrons. The van der Waals surface area contributed by atoms with E-state index in [9.17, 15) is 0 Å². The van der Waals surface area contributed by atoms with E-state index in [2.05, 4.69) is 0 Å². The lowest BCUT2D eigenvalue weighted by Crippen LogP contribution is -2.10. The maximum absolute atomic E-state index is 7.33. The molecule has 98 valence electrons. The monoisotopic (exact) mass is 272 g/mol. The van der Waals surface area contributed by atoms with Crippen molar-refractivity contribution in [2.45, 2.75) is 11.5 Å². The Bertz CT molecular complexity index is 549. The minimum atomic E-state index is 0.0834. The third kappa shape index (κ3) is 3.76. The fraction of sp³-hybridized carbons (Fsp3) is 0.133. The highest BCUT2D eigenvalue weighted by Gasteiger charge is 1.99. The van der Waals surface area contributed by atoms with Crippen LogP contribution in [-0.4, -0.2) is 12.1 Å². The molecule has 0 atom stereocenters. The topological polar surface area (TPSA) is 59.1 Å². The van der Waals surface area contributed by atoms with E-state index in [1.165, 1.54) is 4.90 Å². The highest BCUT2D eigenvalue weighted by Crippen LogP contribution is 2.19. The second-order valence-corrected chi connectivity index (χ2v) is 4.95. The van der Waals surface area contributed by atoms with Gasteiger partial charge in [-0.2, -0.15) is 0 Å². The molecule has 2 aromatic rings. The Morgan fingerprint density at radius 1 is 1.11 bits per heavy atom. The van der Waals surface area contributed by atoms with E-state index >= 15 is 0 Å². The Kier molecular flexibility index (Phi) is 4.47. The Hall–Kier alpha value is -1.94. The number of nitrogen functional groups attached to an aromatic ring is 1. The molecule has 0 spiro atoms. The highest BCUT2D eigenvalue weighted by atomic mass is 32.2. The summed E-state index contributed by atoms with van der Waals surface area (Å²) in [5, 5.41) is 7.33. The van der Waals surface area contributed by atoms with Gasteiger partial charge >= 0.3 is 0 Å². The van der Waals surface area contributed by atoms with Crippen LogP contribution in [0.5, 0.6) is 5.75 Å². The van der Waals surface area contributed by atoms with E-state index in [0.29, 0.717) is 6.61 Å². The van der Waals surface area contributed by atoms with Gasteiger partial charge < -0.3 is 10.5 Å². The van der Waals surface area contributed by atoms with E-state index in [1.807, 2.05) is 54.8 Å². The van der Waals surface area contributed by atoms with Crippen LogP contribution in [0, 0.1) is 5.41 Å². The van der Waals surface area contributed by atoms with Gasteiger partial charge in [0, 0.05) is 10.5 Å². The number of thioether (sulfide) groups is 1. The summed E-state index contributed by atoms with van der Waals surface area (Å²) >= 11 is 1.71. The Morgan fingerprint density at radius 3 is 2.26 bits per heavy atom. The highest BCUT2D eigenvalue weighted by molar-refractivity contribution is 7.98. The molecule has 0 aliphatic rings. The van der Waals surface area contributed by atoms with Crippen molar-refractivity contribution in [3.63, 3.8) is 0 Å². The third-order valence-corrected chi connectivity index (χ3v) is 3.47. The van der Waals surface area contributed by atoms with Crippen molar-refractivity contribution in [2.24, 2.45) is 5.73 Å². The second kappa shape index (κ2) is 6.29. The van der Waals surface area contributed by atoms with Crippen LogP contribution in [0.4, 0.5) is 0 Å². The van der Waals surface area contributed by atoms with Crippen molar-refractivity contribution in [3.8, 4) is 5.75 Å². The molecule has 0 heterocycles. The molecule has 0 saturated heterocycles. The van der Waals surface area contributed by atoms with Crippen molar-refractivity contribution in [3.05, 3.63) is 59.7 Å². The summed E-state index contributed by atoms with van der Waals surface area (Å²) in [4.78, 5) is 1.22. The van der Waals surface area contributed by atoms with Gasteiger partial charge in [0.15, 0.2) is 0 Å².